The molecule has 1 fully saturated rings. The second-order valence-corrected chi connectivity index (χ2v) is 7.87. The highest BCUT2D eigenvalue weighted by atomic mass is 19.1. The molecule has 176 valence electrons. The maximum Gasteiger partial charge on any atom is 0.300 e. The van der Waals surface area contributed by atoms with Gasteiger partial charge in [0.1, 0.15) is 11.6 Å². The number of para-hydroxylation sites is 1. The number of ether oxygens (including phenoxy) is 2. The van der Waals surface area contributed by atoms with Crippen LogP contribution in [0.3, 0.4) is 0 Å². The van der Waals surface area contributed by atoms with E-state index < -0.39 is 29.3 Å². The lowest BCUT2D eigenvalue weighted by molar-refractivity contribution is -0.132. The van der Waals surface area contributed by atoms with Crippen LogP contribution < -0.4 is 14.4 Å². The van der Waals surface area contributed by atoms with Gasteiger partial charge in [-0.05, 0) is 61.0 Å². The Morgan fingerprint density at radius 3 is 2.37 bits per heavy atom. The van der Waals surface area contributed by atoms with Crippen LogP contribution in [0.15, 0.2) is 66.2 Å². The number of carbonyl (C=O) groups excluding carboxylic acids is 2. The molecule has 1 aliphatic heterocycles. The Balaban J connectivity index is 2.01. The van der Waals surface area contributed by atoms with Crippen molar-refractivity contribution in [1.29, 1.82) is 5.26 Å². The fraction of sp³-hybridized carbons (Fsp3) is 0.148. The molecule has 1 unspecified atom stereocenters. The van der Waals surface area contributed by atoms with E-state index in [2.05, 4.69) is 0 Å². The SMILES string of the molecule is COc1cccc(C2/C(=C(/O)c3ccc(F)c(C)c3)C(=O)C(=O)N2c2ccc(C#N)cc2)c1OC. The first-order valence-corrected chi connectivity index (χ1v) is 10.6. The molecule has 0 aromatic heterocycles. The van der Waals surface area contributed by atoms with Crippen molar-refractivity contribution in [3.63, 3.8) is 0 Å². The first kappa shape index (κ1) is 23.5. The van der Waals surface area contributed by atoms with Crippen molar-refractivity contribution in [1.82, 2.24) is 0 Å². The van der Waals surface area contributed by atoms with E-state index in [0.717, 1.165) is 0 Å². The third-order valence-corrected chi connectivity index (χ3v) is 5.88. The number of aliphatic hydroxyl groups is 1. The normalized spacial score (nSPS) is 16.8. The molecule has 0 spiro atoms. The number of methoxy groups -OCH3 is 2. The molecule has 1 saturated heterocycles. The van der Waals surface area contributed by atoms with Gasteiger partial charge < -0.3 is 14.6 Å². The minimum atomic E-state index is -1.08. The molecule has 1 aliphatic rings. The van der Waals surface area contributed by atoms with Crippen molar-refractivity contribution in [3.8, 4) is 17.6 Å². The molecule has 1 heterocycles. The number of nitrogens with zero attached hydrogens (tertiary/aromatic N) is 2. The van der Waals surface area contributed by atoms with Gasteiger partial charge in [0.05, 0.1) is 37.5 Å². The summed E-state index contributed by atoms with van der Waals surface area (Å²) in [5.74, 6) is -2.05. The summed E-state index contributed by atoms with van der Waals surface area (Å²) >= 11 is 0. The molecule has 0 saturated carbocycles. The van der Waals surface area contributed by atoms with Crippen LogP contribution in [0.25, 0.3) is 5.76 Å². The van der Waals surface area contributed by atoms with E-state index in [4.69, 9.17) is 14.7 Å². The molecule has 8 heteroatoms. The highest BCUT2D eigenvalue weighted by molar-refractivity contribution is 6.51. The molecule has 35 heavy (non-hydrogen) atoms. The van der Waals surface area contributed by atoms with Crippen molar-refractivity contribution in [3.05, 3.63) is 94.3 Å². The first-order chi connectivity index (χ1) is 16.8. The molecular formula is C27H21FN2O5. The molecule has 1 N–H and O–H groups in total. The molecule has 3 aromatic carbocycles. The summed E-state index contributed by atoms with van der Waals surface area (Å²) in [6, 6.07) is 16.0. The van der Waals surface area contributed by atoms with Crippen LogP contribution in [-0.2, 0) is 9.59 Å². The molecule has 0 radical (unpaired) electrons. The summed E-state index contributed by atoms with van der Waals surface area (Å²) < 4.78 is 24.8. The van der Waals surface area contributed by atoms with Crippen molar-refractivity contribution in [2.75, 3.05) is 19.1 Å². The third kappa shape index (κ3) is 3.97. The largest absolute Gasteiger partial charge is 0.507 e. The van der Waals surface area contributed by atoms with Gasteiger partial charge >= 0.3 is 0 Å². The Morgan fingerprint density at radius 1 is 1.06 bits per heavy atom. The van der Waals surface area contributed by atoms with Gasteiger partial charge in [-0.15, -0.1) is 0 Å². The maximum atomic E-state index is 13.9. The van der Waals surface area contributed by atoms with Crippen molar-refractivity contribution in [2.24, 2.45) is 0 Å². The van der Waals surface area contributed by atoms with E-state index in [1.165, 1.54) is 56.4 Å². The summed E-state index contributed by atoms with van der Waals surface area (Å²) in [5, 5.41) is 20.4. The van der Waals surface area contributed by atoms with E-state index in [1.54, 1.807) is 30.3 Å². The number of halogens is 1. The lowest BCUT2D eigenvalue weighted by Crippen LogP contribution is -2.29. The zero-order chi connectivity index (χ0) is 25.3. The standard InChI is InChI=1S/C27H21FN2O5/c1-15-13-17(9-12-20(15)28)24(31)22-23(19-5-4-6-21(34-2)26(19)35-3)30(27(33)25(22)32)18-10-7-16(14-29)8-11-18/h4-13,23,31H,1-3H3/b24-22-. The lowest BCUT2D eigenvalue weighted by Gasteiger charge is -2.27. The zero-order valence-electron chi connectivity index (χ0n) is 19.2. The average molecular weight is 472 g/mol. The van der Waals surface area contributed by atoms with Gasteiger partial charge in [-0.25, -0.2) is 4.39 Å². The maximum absolute atomic E-state index is 13.9. The molecule has 1 amide bonds. The fourth-order valence-corrected chi connectivity index (χ4v) is 4.16. The number of aryl methyl sites for hydroxylation is 1. The quantitative estimate of drug-likeness (QED) is 0.330. The minimum absolute atomic E-state index is 0.183. The van der Waals surface area contributed by atoms with Gasteiger partial charge in [0.25, 0.3) is 11.7 Å². The summed E-state index contributed by atoms with van der Waals surface area (Å²) in [5.41, 5.74) is 1.39. The summed E-state index contributed by atoms with van der Waals surface area (Å²) in [7, 11) is 2.89. The van der Waals surface area contributed by atoms with Gasteiger partial charge in [0, 0.05) is 16.8 Å². The highest BCUT2D eigenvalue weighted by Gasteiger charge is 2.48. The Bertz CT molecular complexity index is 1410. The summed E-state index contributed by atoms with van der Waals surface area (Å²) in [4.78, 5) is 27.8. The number of ketones is 1. The second-order valence-electron chi connectivity index (χ2n) is 7.87. The number of Topliss-reactive ketones (excluding diaryl/α,β-unsaturated/α-hetero) is 1. The minimum Gasteiger partial charge on any atom is -0.507 e. The Hall–Kier alpha value is -4.64. The Labute approximate surface area is 201 Å². The van der Waals surface area contributed by atoms with Crippen LogP contribution in [-0.4, -0.2) is 31.0 Å². The fourth-order valence-electron chi connectivity index (χ4n) is 4.16. The summed E-state index contributed by atoms with van der Waals surface area (Å²) in [6.45, 7) is 1.53. The number of aliphatic hydroxyl groups excluding tert-OH is 1. The average Bonchev–Trinajstić information content (AvgIpc) is 3.14. The first-order valence-electron chi connectivity index (χ1n) is 10.6. The van der Waals surface area contributed by atoms with Gasteiger partial charge in [-0.2, -0.15) is 5.26 Å². The third-order valence-electron chi connectivity index (χ3n) is 5.88. The molecular weight excluding hydrogens is 451 g/mol. The van der Waals surface area contributed by atoms with Crippen molar-refractivity contribution < 1.29 is 28.6 Å². The van der Waals surface area contributed by atoms with E-state index in [0.29, 0.717) is 22.6 Å². The van der Waals surface area contributed by atoms with Crippen LogP contribution in [0.1, 0.15) is 28.3 Å². The Kier molecular flexibility index (Phi) is 6.26. The van der Waals surface area contributed by atoms with Gasteiger partial charge in [-0.3, -0.25) is 14.5 Å². The number of rotatable bonds is 5. The number of benzene rings is 3. The topological polar surface area (TPSA) is 99.9 Å². The molecule has 0 aliphatic carbocycles. The van der Waals surface area contributed by atoms with Crippen LogP contribution in [0.2, 0.25) is 0 Å². The zero-order valence-corrected chi connectivity index (χ0v) is 19.2. The van der Waals surface area contributed by atoms with Crippen molar-refractivity contribution in [2.45, 2.75) is 13.0 Å². The molecule has 3 aromatic rings. The van der Waals surface area contributed by atoms with Crippen LogP contribution in [0, 0.1) is 24.1 Å². The van der Waals surface area contributed by atoms with Gasteiger partial charge in [0.2, 0.25) is 0 Å². The van der Waals surface area contributed by atoms with Crippen LogP contribution in [0.4, 0.5) is 10.1 Å². The van der Waals surface area contributed by atoms with E-state index in [-0.39, 0.29) is 22.4 Å². The molecule has 1 atom stereocenters. The number of carbonyl (C=O) groups is 2. The summed E-state index contributed by atoms with van der Waals surface area (Å²) in [6.07, 6.45) is 0. The molecule has 4 rings (SSSR count). The van der Waals surface area contributed by atoms with E-state index in [9.17, 15) is 19.1 Å². The molecule has 0 bridgehead atoms. The number of hydrogen-bond acceptors (Lipinski definition) is 6. The van der Waals surface area contributed by atoms with Crippen LogP contribution in [0.5, 0.6) is 11.5 Å². The Morgan fingerprint density at radius 2 is 1.77 bits per heavy atom. The number of amides is 1. The number of hydrogen-bond donors (Lipinski definition) is 1. The second kappa shape index (κ2) is 9.31. The predicted molar refractivity (Wildman–Crippen MR) is 127 cm³/mol. The number of anilines is 1. The predicted octanol–water partition coefficient (Wildman–Crippen LogP) is 4.65. The van der Waals surface area contributed by atoms with Gasteiger partial charge in [-0.1, -0.05) is 12.1 Å². The number of nitriles is 1. The van der Waals surface area contributed by atoms with Gasteiger partial charge in [0.15, 0.2) is 11.5 Å². The monoisotopic (exact) mass is 472 g/mol. The van der Waals surface area contributed by atoms with E-state index >= 15 is 0 Å². The molecule has 7 nitrogen and oxygen atoms in total. The van der Waals surface area contributed by atoms with Crippen LogP contribution >= 0.6 is 0 Å². The lowest BCUT2D eigenvalue weighted by atomic mass is 9.93. The van der Waals surface area contributed by atoms with Crippen molar-refractivity contribution >= 4 is 23.1 Å². The highest BCUT2D eigenvalue weighted by Crippen LogP contribution is 2.47. The smallest absolute Gasteiger partial charge is 0.300 e. The van der Waals surface area contributed by atoms with E-state index in [1.807, 2.05) is 6.07 Å².